The molecule has 49 heavy (non-hydrogen) atoms. The summed E-state index contributed by atoms with van der Waals surface area (Å²) in [6, 6.07) is 41.7. The van der Waals surface area contributed by atoms with E-state index < -0.39 is 15.2 Å². The zero-order valence-electron chi connectivity index (χ0n) is 29.8. The van der Waals surface area contributed by atoms with Crippen molar-refractivity contribution in [2.24, 2.45) is 0 Å². The van der Waals surface area contributed by atoms with Crippen molar-refractivity contribution >= 4 is 15.2 Å². The van der Waals surface area contributed by atoms with Gasteiger partial charge in [0, 0.05) is 13.1 Å². The van der Waals surface area contributed by atoms with Gasteiger partial charge in [0.15, 0.2) is 0 Å². The van der Waals surface area contributed by atoms with Gasteiger partial charge in [0.2, 0.25) is 0 Å². The van der Waals surface area contributed by atoms with Gasteiger partial charge in [-0.05, 0) is 77.4 Å². The van der Waals surface area contributed by atoms with E-state index in [1.54, 1.807) is 0 Å². The first-order valence-electron chi connectivity index (χ1n) is 17.4. The highest BCUT2D eigenvalue weighted by molar-refractivity contribution is 7.57. The molecule has 10 heteroatoms. The van der Waals surface area contributed by atoms with Crippen LogP contribution in [0.25, 0.3) is 0 Å². The first-order valence-corrected chi connectivity index (χ1v) is 20.5. The summed E-state index contributed by atoms with van der Waals surface area (Å²) in [6.07, 6.45) is 2.75. The van der Waals surface area contributed by atoms with E-state index in [9.17, 15) is 0 Å². The predicted molar refractivity (Wildman–Crippen MR) is 202 cm³/mol. The Bertz CT molecular complexity index is 1510. The van der Waals surface area contributed by atoms with Crippen molar-refractivity contribution in [3.8, 4) is 0 Å². The molecule has 4 aromatic carbocycles. The summed E-state index contributed by atoms with van der Waals surface area (Å²) in [5.41, 5.74) is 4.67. The van der Waals surface area contributed by atoms with Gasteiger partial charge in [-0.1, -0.05) is 128 Å². The molecule has 0 spiro atoms. The van der Waals surface area contributed by atoms with Crippen LogP contribution >= 0.6 is 15.2 Å². The van der Waals surface area contributed by atoms with Gasteiger partial charge in [-0.25, -0.2) is 28.0 Å². The SMILES string of the molecule is CN(CCCCCN(C)P1(=O)N(C)[C@@H](c2ccccc2)[C@H](c2ccccc2)N1C)P1(=O)N(C)[C@@H](c2ccccc2)[C@H](c2ccccc2)N1C. The topological polar surface area (TPSA) is 53.6 Å². The third-order valence-corrected chi connectivity index (χ3v) is 17.2. The highest BCUT2D eigenvalue weighted by Crippen LogP contribution is 2.70. The second-order valence-corrected chi connectivity index (χ2v) is 19.5. The summed E-state index contributed by atoms with van der Waals surface area (Å²) in [5, 5.41) is 0. The maximum absolute atomic E-state index is 15.0. The zero-order valence-corrected chi connectivity index (χ0v) is 31.6. The Morgan fingerprint density at radius 2 is 0.653 bits per heavy atom. The van der Waals surface area contributed by atoms with Crippen molar-refractivity contribution in [2.75, 3.05) is 55.4 Å². The van der Waals surface area contributed by atoms with Gasteiger partial charge in [0.25, 0.3) is 15.2 Å². The average molecular weight is 699 g/mol. The molecule has 2 heterocycles. The lowest BCUT2D eigenvalue weighted by molar-refractivity contribution is 0.316. The summed E-state index contributed by atoms with van der Waals surface area (Å²) < 4.78 is 42.6. The van der Waals surface area contributed by atoms with Crippen LogP contribution in [0.3, 0.4) is 0 Å². The van der Waals surface area contributed by atoms with Crippen LogP contribution < -0.4 is 0 Å². The molecule has 2 aliphatic rings. The highest BCUT2D eigenvalue weighted by atomic mass is 31.2. The molecule has 260 valence electrons. The Labute approximate surface area is 294 Å². The number of unbranched alkanes of at least 4 members (excludes halogenated alkanes) is 2. The van der Waals surface area contributed by atoms with Crippen molar-refractivity contribution in [1.29, 1.82) is 0 Å². The average Bonchev–Trinajstić information content (AvgIpc) is 3.48. The Morgan fingerprint density at radius 1 is 0.429 bits per heavy atom. The lowest BCUT2D eigenvalue weighted by Crippen LogP contribution is -2.30. The van der Waals surface area contributed by atoms with Crippen LogP contribution in [-0.2, 0) is 9.13 Å². The van der Waals surface area contributed by atoms with Crippen LogP contribution in [0.5, 0.6) is 0 Å². The van der Waals surface area contributed by atoms with Crippen molar-refractivity contribution < 1.29 is 9.13 Å². The summed E-state index contributed by atoms with van der Waals surface area (Å²) in [4.78, 5) is 0. The van der Waals surface area contributed by atoms with E-state index in [0.717, 1.165) is 19.3 Å². The van der Waals surface area contributed by atoms with Crippen LogP contribution in [0.4, 0.5) is 0 Å². The third-order valence-electron chi connectivity index (χ3n) is 10.8. The molecule has 2 fully saturated rings. The number of rotatable bonds is 12. The van der Waals surface area contributed by atoms with Gasteiger partial charge in [0.1, 0.15) is 0 Å². The Hall–Kier alpha value is -2.90. The summed E-state index contributed by atoms with van der Waals surface area (Å²) in [7, 11) is 5.99. The summed E-state index contributed by atoms with van der Waals surface area (Å²) in [5.74, 6) is 0. The van der Waals surface area contributed by atoms with Gasteiger partial charge in [-0.3, -0.25) is 9.13 Å². The summed E-state index contributed by atoms with van der Waals surface area (Å²) >= 11 is 0. The molecule has 6 rings (SSSR count). The molecule has 0 radical (unpaired) electrons. The van der Waals surface area contributed by atoms with Crippen LogP contribution in [0.2, 0.25) is 0 Å². The smallest absolute Gasteiger partial charge is 0.270 e. The Balaban J connectivity index is 1.12. The van der Waals surface area contributed by atoms with Crippen LogP contribution in [0, 0.1) is 0 Å². The quantitative estimate of drug-likeness (QED) is 0.107. The van der Waals surface area contributed by atoms with E-state index in [4.69, 9.17) is 0 Å². The summed E-state index contributed by atoms with van der Waals surface area (Å²) in [6.45, 7) is 1.42. The van der Waals surface area contributed by atoms with Crippen molar-refractivity contribution in [1.82, 2.24) is 28.0 Å². The van der Waals surface area contributed by atoms with Crippen LogP contribution in [0.1, 0.15) is 65.7 Å². The monoisotopic (exact) mass is 698 g/mol. The van der Waals surface area contributed by atoms with Crippen LogP contribution in [-0.4, -0.2) is 83.4 Å². The van der Waals surface area contributed by atoms with Gasteiger partial charge in [0.05, 0.1) is 24.2 Å². The normalized spacial score (nSPS) is 24.7. The fraction of sp³-hybridized carbons (Fsp3) is 0.385. The molecule has 0 aliphatic carbocycles. The maximum atomic E-state index is 15.0. The molecular formula is C39H52N6O2P2. The van der Waals surface area contributed by atoms with E-state index >= 15 is 9.13 Å². The molecule has 4 atom stereocenters. The lowest BCUT2D eigenvalue weighted by atomic mass is 9.93. The molecule has 4 aromatic rings. The van der Waals surface area contributed by atoms with E-state index in [2.05, 4.69) is 125 Å². The van der Waals surface area contributed by atoms with Crippen molar-refractivity contribution in [2.45, 2.75) is 43.4 Å². The standard InChI is InChI=1S/C39H52N6O2P2/c1-40(48(46)42(3)36(32-22-12-7-13-23-32)37(43(48)4)33-24-14-8-15-25-33)30-20-11-21-31-41(2)49(47)44(5)38(34-26-16-9-17-27-34)39(45(49)6)35-28-18-10-19-29-35/h7-10,12-19,22-29,36-39H,11,20-21,30-31H2,1-6H3/t36-,37-,38-,39-/m0/s1. The Morgan fingerprint density at radius 3 is 0.878 bits per heavy atom. The third kappa shape index (κ3) is 6.55. The second kappa shape index (κ2) is 15.1. The van der Waals surface area contributed by atoms with E-state index in [1.165, 1.54) is 22.3 Å². The molecule has 0 aromatic heterocycles. The molecular weight excluding hydrogens is 646 g/mol. The molecule has 0 N–H and O–H groups in total. The van der Waals surface area contributed by atoms with Gasteiger partial charge < -0.3 is 0 Å². The highest BCUT2D eigenvalue weighted by Gasteiger charge is 2.55. The lowest BCUT2D eigenvalue weighted by Gasteiger charge is -2.35. The number of nitrogens with zero attached hydrogens (tertiary/aromatic N) is 6. The molecule has 0 saturated carbocycles. The largest absolute Gasteiger partial charge is 0.287 e. The number of hydrogen-bond donors (Lipinski definition) is 0. The maximum Gasteiger partial charge on any atom is 0.287 e. The van der Waals surface area contributed by atoms with Crippen molar-refractivity contribution in [3.05, 3.63) is 144 Å². The molecule has 2 saturated heterocycles. The molecule has 8 nitrogen and oxygen atoms in total. The molecule has 0 bridgehead atoms. The minimum Gasteiger partial charge on any atom is -0.270 e. The first kappa shape index (κ1) is 35.9. The van der Waals surface area contributed by atoms with E-state index in [1.807, 2.05) is 66.6 Å². The fourth-order valence-electron chi connectivity index (χ4n) is 8.19. The minimum absolute atomic E-state index is 0.0347. The minimum atomic E-state index is -3.04. The van der Waals surface area contributed by atoms with Gasteiger partial charge in [-0.2, -0.15) is 0 Å². The number of benzene rings is 4. The Kier molecular flexibility index (Phi) is 11.1. The van der Waals surface area contributed by atoms with Gasteiger partial charge in [-0.15, -0.1) is 0 Å². The number of likely N-dealkylation sites (N-methyl/N-ethyl adjacent to an activating group) is 4. The molecule has 0 unspecified atom stereocenters. The van der Waals surface area contributed by atoms with E-state index in [0.29, 0.717) is 13.1 Å². The molecule has 2 aliphatic heterocycles. The molecule has 0 amide bonds. The van der Waals surface area contributed by atoms with Crippen LogP contribution in [0.15, 0.2) is 121 Å². The van der Waals surface area contributed by atoms with E-state index in [-0.39, 0.29) is 24.2 Å². The number of hydrogen-bond acceptors (Lipinski definition) is 2. The van der Waals surface area contributed by atoms with Crippen molar-refractivity contribution in [3.63, 3.8) is 0 Å². The first-order chi connectivity index (χ1) is 23.6. The van der Waals surface area contributed by atoms with Gasteiger partial charge >= 0.3 is 0 Å². The zero-order chi connectivity index (χ0) is 34.8. The fourth-order valence-corrected chi connectivity index (χ4v) is 14.1. The predicted octanol–water partition coefficient (Wildman–Crippen LogP) is 8.96. The second-order valence-electron chi connectivity index (χ2n) is 13.6.